The SMILES string of the molecule is COCC1CC(Cl)CCC1(C)C. The van der Waals surface area contributed by atoms with Crippen molar-refractivity contribution >= 4 is 11.6 Å². The van der Waals surface area contributed by atoms with Gasteiger partial charge in [-0.2, -0.15) is 0 Å². The van der Waals surface area contributed by atoms with Crippen LogP contribution in [0, 0.1) is 11.3 Å². The van der Waals surface area contributed by atoms with Crippen LogP contribution in [0.2, 0.25) is 0 Å². The first kappa shape index (κ1) is 10.3. The number of rotatable bonds is 2. The molecule has 0 amide bonds. The van der Waals surface area contributed by atoms with E-state index in [1.54, 1.807) is 7.11 Å². The van der Waals surface area contributed by atoms with Gasteiger partial charge in [0.15, 0.2) is 0 Å². The number of alkyl halides is 1. The van der Waals surface area contributed by atoms with E-state index in [0.717, 1.165) is 19.4 Å². The summed E-state index contributed by atoms with van der Waals surface area (Å²) < 4.78 is 5.21. The molecule has 0 aromatic carbocycles. The van der Waals surface area contributed by atoms with Crippen LogP contribution in [-0.2, 0) is 4.74 Å². The summed E-state index contributed by atoms with van der Waals surface area (Å²) in [6.07, 6.45) is 3.51. The first-order chi connectivity index (χ1) is 5.56. The van der Waals surface area contributed by atoms with Crippen LogP contribution in [0.25, 0.3) is 0 Å². The molecule has 0 N–H and O–H groups in total. The van der Waals surface area contributed by atoms with Gasteiger partial charge in [-0.3, -0.25) is 0 Å². The normalized spacial score (nSPS) is 35.0. The van der Waals surface area contributed by atoms with E-state index in [4.69, 9.17) is 16.3 Å². The molecule has 0 aromatic rings. The molecule has 1 rings (SSSR count). The summed E-state index contributed by atoms with van der Waals surface area (Å²) in [5, 5.41) is 0.373. The first-order valence-corrected chi connectivity index (χ1v) is 5.13. The minimum Gasteiger partial charge on any atom is -0.384 e. The molecule has 1 aliphatic carbocycles. The van der Waals surface area contributed by atoms with Gasteiger partial charge in [0.25, 0.3) is 0 Å². The molecule has 2 atom stereocenters. The van der Waals surface area contributed by atoms with Crippen LogP contribution in [0.5, 0.6) is 0 Å². The fraction of sp³-hybridized carbons (Fsp3) is 1.00. The number of ether oxygens (including phenoxy) is 1. The van der Waals surface area contributed by atoms with E-state index in [-0.39, 0.29) is 0 Å². The summed E-state index contributed by atoms with van der Waals surface area (Å²) in [7, 11) is 1.77. The zero-order chi connectivity index (χ0) is 9.19. The second-order valence-electron chi connectivity index (χ2n) is 4.51. The zero-order valence-electron chi connectivity index (χ0n) is 8.27. The highest BCUT2D eigenvalue weighted by molar-refractivity contribution is 6.20. The van der Waals surface area contributed by atoms with Gasteiger partial charge in [-0.25, -0.2) is 0 Å². The van der Waals surface area contributed by atoms with Gasteiger partial charge in [0.2, 0.25) is 0 Å². The third-order valence-corrected chi connectivity index (χ3v) is 3.51. The molecule has 0 saturated heterocycles. The Morgan fingerprint density at radius 3 is 2.75 bits per heavy atom. The standard InChI is InChI=1S/C10H19ClO/c1-10(2)5-4-9(11)6-8(10)7-12-3/h8-9H,4-7H2,1-3H3. The van der Waals surface area contributed by atoms with Gasteiger partial charge in [-0.1, -0.05) is 13.8 Å². The Balaban J connectivity index is 2.52. The second kappa shape index (κ2) is 3.97. The highest BCUT2D eigenvalue weighted by Gasteiger charge is 2.35. The second-order valence-corrected chi connectivity index (χ2v) is 5.13. The molecule has 0 heterocycles. The van der Waals surface area contributed by atoms with E-state index in [1.165, 1.54) is 6.42 Å². The molecule has 12 heavy (non-hydrogen) atoms. The molecule has 0 radical (unpaired) electrons. The predicted molar refractivity (Wildman–Crippen MR) is 52.6 cm³/mol. The Labute approximate surface area is 80.4 Å². The number of hydrogen-bond donors (Lipinski definition) is 0. The number of methoxy groups -OCH3 is 1. The molecule has 72 valence electrons. The molecule has 0 aliphatic heterocycles. The van der Waals surface area contributed by atoms with Crippen LogP contribution < -0.4 is 0 Å². The van der Waals surface area contributed by atoms with E-state index in [9.17, 15) is 0 Å². The highest BCUT2D eigenvalue weighted by atomic mass is 35.5. The van der Waals surface area contributed by atoms with Crippen LogP contribution in [0.15, 0.2) is 0 Å². The van der Waals surface area contributed by atoms with Crippen molar-refractivity contribution in [1.82, 2.24) is 0 Å². The molecular weight excluding hydrogens is 172 g/mol. The lowest BCUT2D eigenvalue weighted by Gasteiger charge is -2.40. The highest BCUT2D eigenvalue weighted by Crippen LogP contribution is 2.42. The minimum atomic E-state index is 0.373. The molecule has 0 aromatic heterocycles. The number of hydrogen-bond acceptors (Lipinski definition) is 1. The molecule has 0 spiro atoms. The van der Waals surface area contributed by atoms with Crippen molar-refractivity contribution in [1.29, 1.82) is 0 Å². The molecule has 1 saturated carbocycles. The summed E-state index contributed by atoms with van der Waals surface area (Å²) >= 11 is 6.12. The van der Waals surface area contributed by atoms with Gasteiger partial charge in [-0.15, -0.1) is 11.6 Å². The Bertz CT molecular complexity index is 145. The van der Waals surface area contributed by atoms with E-state index in [1.807, 2.05) is 0 Å². The average Bonchev–Trinajstić information content (AvgIpc) is 1.98. The summed E-state index contributed by atoms with van der Waals surface area (Å²) in [5.41, 5.74) is 0.418. The quantitative estimate of drug-likeness (QED) is 0.609. The summed E-state index contributed by atoms with van der Waals surface area (Å²) in [6.45, 7) is 5.50. The molecule has 1 fully saturated rings. The maximum Gasteiger partial charge on any atom is 0.0496 e. The monoisotopic (exact) mass is 190 g/mol. The van der Waals surface area contributed by atoms with E-state index in [0.29, 0.717) is 16.7 Å². The van der Waals surface area contributed by atoms with E-state index in [2.05, 4.69) is 13.8 Å². The Morgan fingerprint density at radius 2 is 2.17 bits per heavy atom. The van der Waals surface area contributed by atoms with Gasteiger partial charge in [0.1, 0.15) is 0 Å². The lowest BCUT2D eigenvalue weighted by Crippen LogP contribution is -2.35. The first-order valence-electron chi connectivity index (χ1n) is 4.69. The maximum atomic E-state index is 6.12. The lowest BCUT2D eigenvalue weighted by molar-refractivity contribution is 0.0497. The molecule has 2 heteroatoms. The number of halogens is 1. The summed E-state index contributed by atoms with van der Waals surface area (Å²) in [5.74, 6) is 0.638. The van der Waals surface area contributed by atoms with Crippen molar-refractivity contribution in [3.8, 4) is 0 Å². The zero-order valence-corrected chi connectivity index (χ0v) is 9.03. The molecule has 1 nitrogen and oxygen atoms in total. The third kappa shape index (κ3) is 2.37. The van der Waals surface area contributed by atoms with Crippen molar-refractivity contribution in [3.63, 3.8) is 0 Å². The Kier molecular flexibility index (Phi) is 3.42. The van der Waals surface area contributed by atoms with E-state index >= 15 is 0 Å². The van der Waals surface area contributed by atoms with Crippen LogP contribution in [0.4, 0.5) is 0 Å². The Morgan fingerprint density at radius 1 is 1.50 bits per heavy atom. The van der Waals surface area contributed by atoms with Crippen LogP contribution in [0.3, 0.4) is 0 Å². The van der Waals surface area contributed by atoms with Crippen molar-refractivity contribution in [2.24, 2.45) is 11.3 Å². The van der Waals surface area contributed by atoms with Gasteiger partial charge in [0.05, 0.1) is 0 Å². The summed E-state index contributed by atoms with van der Waals surface area (Å²) in [4.78, 5) is 0. The van der Waals surface area contributed by atoms with Crippen LogP contribution in [0.1, 0.15) is 33.1 Å². The van der Waals surface area contributed by atoms with Crippen molar-refractivity contribution < 1.29 is 4.74 Å². The molecule has 2 unspecified atom stereocenters. The Hall–Kier alpha value is 0.250. The fourth-order valence-electron chi connectivity index (χ4n) is 1.97. The molecule has 0 bridgehead atoms. The maximum absolute atomic E-state index is 6.12. The minimum absolute atomic E-state index is 0.373. The third-order valence-electron chi connectivity index (χ3n) is 3.12. The smallest absolute Gasteiger partial charge is 0.0496 e. The largest absolute Gasteiger partial charge is 0.384 e. The van der Waals surface area contributed by atoms with E-state index < -0.39 is 0 Å². The van der Waals surface area contributed by atoms with Crippen molar-refractivity contribution in [3.05, 3.63) is 0 Å². The lowest BCUT2D eigenvalue weighted by atomic mass is 9.69. The van der Waals surface area contributed by atoms with Crippen molar-refractivity contribution in [2.45, 2.75) is 38.5 Å². The predicted octanol–water partition coefficient (Wildman–Crippen LogP) is 3.07. The van der Waals surface area contributed by atoms with Crippen LogP contribution >= 0.6 is 11.6 Å². The molecule has 1 aliphatic rings. The van der Waals surface area contributed by atoms with Crippen LogP contribution in [-0.4, -0.2) is 19.1 Å². The average molecular weight is 191 g/mol. The summed E-state index contributed by atoms with van der Waals surface area (Å²) in [6, 6.07) is 0. The van der Waals surface area contributed by atoms with Gasteiger partial charge >= 0.3 is 0 Å². The van der Waals surface area contributed by atoms with Gasteiger partial charge in [0, 0.05) is 19.1 Å². The van der Waals surface area contributed by atoms with Gasteiger partial charge in [-0.05, 0) is 30.6 Å². The fourth-order valence-corrected chi connectivity index (χ4v) is 2.30. The molecular formula is C10H19ClO. The topological polar surface area (TPSA) is 9.23 Å². The van der Waals surface area contributed by atoms with Crippen molar-refractivity contribution in [2.75, 3.05) is 13.7 Å². The van der Waals surface area contributed by atoms with Gasteiger partial charge < -0.3 is 4.74 Å².